The van der Waals surface area contributed by atoms with Gasteiger partial charge in [-0.2, -0.15) is 5.26 Å². The van der Waals surface area contributed by atoms with Gasteiger partial charge < -0.3 is 0 Å². The van der Waals surface area contributed by atoms with Gasteiger partial charge in [-0.05, 0) is 24.3 Å². The van der Waals surface area contributed by atoms with Gasteiger partial charge in [-0.25, -0.2) is 4.98 Å². The zero-order chi connectivity index (χ0) is 15.3. The molecule has 0 aliphatic rings. The maximum absolute atomic E-state index is 10.9. The highest BCUT2D eigenvalue weighted by Gasteiger charge is 2.14. The summed E-state index contributed by atoms with van der Waals surface area (Å²) in [5.41, 5.74) is 3.39. The number of non-ortho nitro benzene ring substituents is 1. The second-order valence-corrected chi connectivity index (χ2v) is 4.93. The predicted molar refractivity (Wildman–Crippen MR) is 81.6 cm³/mol. The minimum absolute atomic E-state index is 0.000149. The minimum atomic E-state index is -0.443. The summed E-state index contributed by atoms with van der Waals surface area (Å²) in [6.07, 6.45) is 0. The number of nitrogens with zero attached hydrogens (tertiary/aromatic N) is 4. The highest BCUT2D eigenvalue weighted by atomic mass is 16.6. The number of rotatable bonds is 1. The quantitative estimate of drug-likeness (QED) is 0.397. The van der Waals surface area contributed by atoms with E-state index < -0.39 is 4.92 Å². The average molecular weight is 288 g/mol. The lowest BCUT2D eigenvalue weighted by Crippen LogP contribution is -1.94. The summed E-state index contributed by atoms with van der Waals surface area (Å²) in [5.74, 6) is 0. The van der Waals surface area contributed by atoms with Crippen molar-refractivity contribution in [1.82, 2.24) is 9.38 Å². The van der Waals surface area contributed by atoms with Crippen LogP contribution in [-0.4, -0.2) is 14.3 Å². The number of nitro groups is 1. The highest BCUT2D eigenvalue weighted by Crippen LogP contribution is 2.28. The molecule has 6 heteroatoms. The standard InChI is InChI=1S/C16H8N4O2/c17-9-11-7-10-8-12(20(21)22)5-6-14(10)19-15-4-2-1-3-13(15)18-16(11)19/h1-8H. The largest absolute Gasteiger partial charge is 0.291 e. The van der Waals surface area contributed by atoms with Gasteiger partial charge in [-0.3, -0.25) is 14.5 Å². The van der Waals surface area contributed by atoms with Crippen molar-refractivity contribution in [3.63, 3.8) is 0 Å². The fourth-order valence-electron chi connectivity index (χ4n) is 2.73. The van der Waals surface area contributed by atoms with E-state index in [0.717, 1.165) is 16.6 Å². The third-order valence-electron chi connectivity index (χ3n) is 3.68. The van der Waals surface area contributed by atoms with Crippen LogP contribution >= 0.6 is 0 Å². The van der Waals surface area contributed by atoms with E-state index in [0.29, 0.717) is 16.6 Å². The lowest BCUT2D eigenvalue weighted by molar-refractivity contribution is -0.384. The summed E-state index contributed by atoms with van der Waals surface area (Å²) in [4.78, 5) is 15.0. The normalized spacial score (nSPS) is 11.0. The molecule has 0 N–H and O–H groups in total. The molecule has 0 saturated heterocycles. The minimum Gasteiger partial charge on any atom is -0.291 e. The Labute approximate surface area is 124 Å². The van der Waals surface area contributed by atoms with Gasteiger partial charge in [0.15, 0.2) is 5.65 Å². The molecular formula is C16H8N4O2. The lowest BCUT2D eigenvalue weighted by Gasteiger charge is -2.05. The summed E-state index contributed by atoms with van der Waals surface area (Å²) in [6, 6.07) is 16.0. The average Bonchev–Trinajstić information content (AvgIpc) is 2.93. The molecule has 0 atom stereocenters. The van der Waals surface area contributed by atoms with Crippen LogP contribution in [0, 0.1) is 21.4 Å². The second-order valence-electron chi connectivity index (χ2n) is 4.93. The number of benzene rings is 2. The summed E-state index contributed by atoms with van der Waals surface area (Å²) in [7, 11) is 0. The van der Waals surface area contributed by atoms with Gasteiger partial charge in [0.2, 0.25) is 0 Å². The van der Waals surface area contributed by atoms with Crippen LogP contribution in [0.2, 0.25) is 0 Å². The number of fused-ring (bicyclic) bond motifs is 5. The molecule has 6 nitrogen and oxygen atoms in total. The number of para-hydroxylation sites is 2. The van der Waals surface area contributed by atoms with Crippen molar-refractivity contribution in [2.75, 3.05) is 0 Å². The van der Waals surface area contributed by atoms with Gasteiger partial charge >= 0.3 is 0 Å². The Morgan fingerprint density at radius 3 is 2.73 bits per heavy atom. The van der Waals surface area contributed by atoms with Gasteiger partial charge in [-0.15, -0.1) is 0 Å². The first kappa shape index (κ1) is 12.3. The van der Waals surface area contributed by atoms with Gasteiger partial charge in [0.25, 0.3) is 5.69 Å². The molecule has 2 aromatic heterocycles. The Morgan fingerprint density at radius 2 is 1.95 bits per heavy atom. The van der Waals surface area contributed by atoms with Crippen molar-refractivity contribution in [2.24, 2.45) is 0 Å². The molecule has 0 radical (unpaired) electrons. The lowest BCUT2D eigenvalue weighted by atomic mass is 10.1. The van der Waals surface area contributed by atoms with Crippen LogP contribution in [0.25, 0.3) is 27.6 Å². The Balaban J connectivity index is 2.27. The van der Waals surface area contributed by atoms with Crippen LogP contribution < -0.4 is 0 Å². The Hall–Kier alpha value is -3.46. The zero-order valence-electron chi connectivity index (χ0n) is 11.2. The molecule has 0 aliphatic carbocycles. The van der Waals surface area contributed by atoms with E-state index in [1.54, 1.807) is 12.1 Å². The van der Waals surface area contributed by atoms with Crippen LogP contribution in [0.1, 0.15) is 5.56 Å². The van der Waals surface area contributed by atoms with E-state index in [1.807, 2.05) is 28.7 Å². The van der Waals surface area contributed by atoms with Crippen LogP contribution in [0.15, 0.2) is 48.5 Å². The van der Waals surface area contributed by atoms with Gasteiger partial charge in [-0.1, -0.05) is 12.1 Å². The van der Waals surface area contributed by atoms with E-state index in [-0.39, 0.29) is 5.69 Å². The zero-order valence-corrected chi connectivity index (χ0v) is 11.2. The fraction of sp³-hybridized carbons (Fsp3) is 0. The number of aromatic nitrogens is 2. The first-order valence-electron chi connectivity index (χ1n) is 6.57. The molecule has 0 unspecified atom stereocenters. The number of hydrogen-bond donors (Lipinski definition) is 0. The van der Waals surface area contributed by atoms with E-state index >= 15 is 0 Å². The molecule has 22 heavy (non-hydrogen) atoms. The maximum atomic E-state index is 10.9. The fourth-order valence-corrected chi connectivity index (χ4v) is 2.73. The highest BCUT2D eigenvalue weighted by molar-refractivity contribution is 5.93. The van der Waals surface area contributed by atoms with Crippen LogP contribution in [0.5, 0.6) is 0 Å². The Bertz CT molecular complexity index is 1120. The van der Waals surface area contributed by atoms with Crippen molar-refractivity contribution >= 4 is 33.3 Å². The number of imidazole rings is 1. The SMILES string of the molecule is N#Cc1cc2cc([N+](=O)[O-])ccc2n2c1nc1ccccc12. The van der Waals surface area contributed by atoms with E-state index in [4.69, 9.17) is 0 Å². The molecular weight excluding hydrogens is 280 g/mol. The van der Waals surface area contributed by atoms with Crippen molar-refractivity contribution in [1.29, 1.82) is 5.26 Å². The van der Waals surface area contributed by atoms with Gasteiger partial charge in [0, 0.05) is 17.5 Å². The summed E-state index contributed by atoms with van der Waals surface area (Å²) < 4.78 is 1.87. The monoisotopic (exact) mass is 288 g/mol. The molecule has 0 saturated carbocycles. The third-order valence-corrected chi connectivity index (χ3v) is 3.68. The van der Waals surface area contributed by atoms with Crippen molar-refractivity contribution < 1.29 is 4.92 Å². The van der Waals surface area contributed by atoms with E-state index in [1.165, 1.54) is 12.1 Å². The molecule has 4 rings (SSSR count). The molecule has 4 aromatic rings. The number of pyridine rings is 1. The topological polar surface area (TPSA) is 84.2 Å². The predicted octanol–water partition coefficient (Wildman–Crippen LogP) is 3.42. The molecule has 0 spiro atoms. The van der Waals surface area contributed by atoms with E-state index in [2.05, 4.69) is 11.1 Å². The molecule has 0 fully saturated rings. The molecule has 104 valence electrons. The number of nitro benzene ring substituents is 1. The Kier molecular flexibility index (Phi) is 2.38. The number of hydrogen-bond acceptors (Lipinski definition) is 4. The summed E-state index contributed by atoms with van der Waals surface area (Å²) in [5, 5.41) is 20.9. The third kappa shape index (κ3) is 1.56. The first-order valence-corrected chi connectivity index (χ1v) is 6.57. The summed E-state index contributed by atoms with van der Waals surface area (Å²) >= 11 is 0. The number of nitriles is 1. The molecule has 0 amide bonds. The van der Waals surface area contributed by atoms with Crippen molar-refractivity contribution in [2.45, 2.75) is 0 Å². The van der Waals surface area contributed by atoms with Crippen molar-refractivity contribution in [3.8, 4) is 6.07 Å². The molecule has 0 aliphatic heterocycles. The smallest absolute Gasteiger partial charge is 0.270 e. The van der Waals surface area contributed by atoms with Crippen LogP contribution in [0.4, 0.5) is 5.69 Å². The molecule has 2 aromatic carbocycles. The van der Waals surface area contributed by atoms with Crippen molar-refractivity contribution in [3.05, 3.63) is 64.2 Å². The van der Waals surface area contributed by atoms with Crippen LogP contribution in [0.3, 0.4) is 0 Å². The maximum Gasteiger partial charge on any atom is 0.270 e. The second kappa shape index (κ2) is 4.27. The van der Waals surface area contributed by atoms with Crippen LogP contribution in [-0.2, 0) is 0 Å². The molecule has 2 heterocycles. The summed E-state index contributed by atoms with van der Waals surface area (Å²) in [6.45, 7) is 0. The van der Waals surface area contributed by atoms with E-state index in [9.17, 15) is 15.4 Å². The molecule has 0 bridgehead atoms. The van der Waals surface area contributed by atoms with Gasteiger partial charge in [0.1, 0.15) is 6.07 Å². The van der Waals surface area contributed by atoms with Gasteiger partial charge in [0.05, 0.1) is 27.0 Å². The first-order chi connectivity index (χ1) is 10.7. The Morgan fingerprint density at radius 1 is 1.14 bits per heavy atom.